The number of methoxy groups -OCH3 is 2. The molecule has 230 valence electrons. The predicted octanol–water partition coefficient (Wildman–Crippen LogP) is 2.22. The number of aliphatic hydroxyl groups excluding tert-OH is 2. The molecule has 2 saturated heterocycles. The number of halogens is 1. The number of aliphatic hydroxyl groups is 2. The summed E-state index contributed by atoms with van der Waals surface area (Å²) in [6.07, 6.45) is 4.23. The Labute approximate surface area is 244 Å². The maximum absolute atomic E-state index is 10.1. The number of rotatable bonds is 6. The van der Waals surface area contributed by atoms with Crippen LogP contribution in [0.25, 0.3) is 22.3 Å². The lowest BCUT2D eigenvalue weighted by Gasteiger charge is -2.21. The number of aryl methyl sites for hydroxylation is 2. The van der Waals surface area contributed by atoms with Gasteiger partial charge in [-0.1, -0.05) is 13.8 Å². The lowest BCUT2D eigenvalue weighted by atomic mass is 10.1. The summed E-state index contributed by atoms with van der Waals surface area (Å²) in [7, 11) is 2.36. The molecule has 14 nitrogen and oxygen atoms in total. The molecule has 0 aromatic carbocycles. The Morgan fingerprint density at radius 3 is 1.71 bits per heavy atom. The van der Waals surface area contributed by atoms with Crippen molar-refractivity contribution in [3.63, 3.8) is 0 Å². The van der Waals surface area contributed by atoms with Crippen LogP contribution in [-0.2, 0) is 18.9 Å². The van der Waals surface area contributed by atoms with Crippen LogP contribution in [0.1, 0.15) is 51.9 Å². The average molecular weight is 592 g/mol. The Balaban J connectivity index is 0.000000181. The number of alkyl halides is 1. The van der Waals surface area contributed by atoms with Crippen LogP contribution >= 0.6 is 0 Å². The van der Waals surface area contributed by atoms with E-state index in [1.807, 2.05) is 25.3 Å². The topological polar surface area (TPSA) is 165 Å². The quantitative estimate of drug-likeness (QED) is 0.336. The van der Waals surface area contributed by atoms with E-state index in [4.69, 9.17) is 20.3 Å². The fourth-order valence-corrected chi connectivity index (χ4v) is 5.40. The molecule has 42 heavy (non-hydrogen) atoms. The summed E-state index contributed by atoms with van der Waals surface area (Å²) in [6.45, 7) is 7.74. The molecule has 8 atom stereocenters. The Morgan fingerprint density at radius 2 is 1.26 bits per heavy atom. The molecule has 6 rings (SSSR count). The third kappa shape index (κ3) is 5.72. The SMILES string of the molecule is CC[C@H]1O[C@@H](n2cnc3c(C)ncnc32)[C@@H](O)C1O.CC[C@H]1O[C@@H](n2cnc3c(C)ncnc32)[C@@H](OC)C1OC.[2H]CF. The normalized spacial score (nSPS) is 29.2. The lowest BCUT2D eigenvalue weighted by molar-refractivity contribution is -0.0517. The fourth-order valence-electron chi connectivity index (χ4n) is 5.40. The molecule has 0 aliphatic carbocycles. The van der Waals surface area contributed by atoms with Crippen LogP contribution in [-0.4, -0.2) is 107 Å². The highest BCUT2D eigenvalue weighted by Crippen LogP contribution is 2.36. The Morgan fingerprint density at radius 1 is 0.786 bits per heavy atom. The van der Waals surface area contributed by atoms with Gasteiger partial charge in [0.25, 0.3) is 0 Å². The van der Waals surface area contributed by atoms with Gasteiger partial charge in [-0.25, -0.2) is 29.9 Å². The molecule has 2 aliphatic heterocycles. The van der Waals surface area contributed by atoms with E-state index in [9.17, 15) is 14.6 Å². The van der Waals surface area contributed by atoms with Gasteiger partial charge in [0, 0.05) is 14.2 Å². The molecular weight excluding hydrogens is 551 g/mol. The summed E-state index contributed by atoms with van der Waals surface area (Å²) in [5, 5.41) is 20.0. The second kappa shape index (κ2) is 13.8. The van der Waals surface area contributed by atoms with Gasteiger partial charge in [0.05, 0.1) is 44.8 Å². The zero-order valence-electron chi connectivity index (χ0n) is 25.5. The van der Waals surface area contributed by atoms with Crippen LogP contribution in [0, 0.1) is 13.8 Å². The van der Waals surface area contributed by atoms with Crippen molar-refractivity contribution in [1.82, 2.24) is 39.0 Å². The molecule has 4 aromatic rings. The maximum Gasteiger partial charge on any atom is 0.166 e. The highest BCUT2D eigenvalue weighted by atomic mass is 19.1. The summed E-state index contributed by atoms with van der Waals surface area (Å²) in [6, 6.07) is 0. The second-order valence-electron chi connectivity index (χ2n) is 9.89. The number of fused-ring (bicyclic) bond motifs is 2. The van der Waals surface area contributed by atoms with Gasteiger partial charge in [-0.05, 0) is 26.7 Å². The van der Waals surface area contributed by atoms with Crippen LogP contribution in [0.3, 0.4) is 0 Å². The monoisotopic (exact) mass is 591 g/mol. The van der Waals surface area contributed by atoms with Crippen LogP contribution in [0.2, 0.25) is 0 Å². The van der Waals surface area contributed by atoms with Crippen molar-refractivity contribution in [2.45, 2.75) is 89.6 Å². The summed E-state index contributed by atoms with van der Waals surface area (Å²) >= 11 is 0. The summed E-state index contributed by atoms with van der Waals surface area (Å²) < 4.78 is 42.0. The fraction of sp³-hybridized carbons (Fsp3) is 0.630. The van der Waals surface area contributed by atoms with Crippen molar-refractivity contribution in [3.8, 4) is 0 Å². The highest BCUT2D eigenvalue weighted by molar-refractivity contribution is 5.73. The van der Waals surface area contributed by atoms with Gasteiger partial charge in [-0.15, -0.1) is 0 Å². The molecule has 2 N–H and O–H groups in total. The minimum Gasteiger partial charge on any atom is -0.388 e. The zero-order chi connectivity index (χ0) is 31.3. The van der Waals surface area contributed by atoms with E-state index in [0.717, 1.165) is 29.0 Å². The van der Waals surface area contributed by atoms with E-state index in [2.05, 4.69) is 36.8 Å². The lowest BCUT2D eigenvalue weighted by Crippen LogP contribution is -2.34. The number of aromatic nitrogens is 8. The van der Waals surface area contributed by atoms with Crippen molar-refractivity contribution in [3.05, 3.63) is 36.7 Å². The first-order valence-corrected chi connectivity index (χ1v) is 13.6. The molecule has 15 heteroatoms. The van der Waals surface area contributed by atoms with Gasteiger partial charge in [0.15, 0.2) is 23.8 Å². The second-order valence-corrected chi connectivity index (χ2v) is 9.89. The van der Waals surface area contributed by atoms with Crippen molar-refractivity contribution in [2.24, 2.45) is 0 Å². The van der Waals surface area contributed by atoms with E-state index in [1.165, 1.54) is 12.7 Å². The Hall–Kier alpha value is -3.21. The van der Waals surface area contributed by atoms with Crippen LogP contribution in [0.15, 0.2) is 25.3 Å². The van der Waals surface area contributed by atoms with E-state index in [0.29, 0.717) is 17.6 Å². The van der Waals surface area contributed by atoms with Crippen LogP contribution < -0.4 is 0 Å². The molecule has 0 radical (unpaired) electrons. The average Bonchev–Trinajstić information content (AvgIpc) is 3.78. The number of nitrogens with zero attached hydrogens (tertiary/aromatic N) is 8. The van der Waals surface area contributed by atoms with Gasteiger partial charge < -0.3 is 29.2 Å². The van der Waals surface area contributed by atoms with Gasteiger partial charge in [-0.2, -0.15) is 0 Å². The molecular formula is C27H39FN8O6. The molecule has 2 aliphatic rings. The van der Waals surface area contributed by atoms with Crippen LogP contribution in [0.4, 0.5) is 4.39 Å². The first kappa shape index (κ1) is 30.3. The summed E-state index contributed by atoms with van der Waals surface area (Å²) in [5.74, 6) is 0. The van der Waals surface area contributed by atoms with Gasteiger partial charge in [0.2, 0.25) is 0 Å². The molecule has 0 spiro atoms. The van der Waals surface area contributed by atoms with Gasteiger partial charge in [-0.3, -0.25) is 13.5 Å². The minimum atomic E-state index is -1.00. The maximum atomic E-state index is 10.1. The number of imidazole rings is 2. The molecule has 4 aromatic heterocycles. The standard InChI is InChI=1S/C14H20N4O3.C12H16N4O3.CH3F/c1-5-9-11(19-3)12(20-4)14(21-9)18-7-17-10-8(2)15-6-16-13(10)18;1-3-7-9(17)10(18)12(19-7)16-5-15-8-6(2)13-4-14-11(8)16;1-2/h6-7,9,11-12,14H,5H2,1-4H3;4-5,7,9-10,12,17-18H,3H2,1-2H3;1H3/t9-,11?,12+,14-;7-,9?,10+,12-;/m11./s1/i;;1D. The Bertz CT molecular complexity index is 1480. The largest absolute Gasteiger partial charge is 0.388 e. The van der Waals surface area contributed by atoms with E-state index >= 15 is 0 Å². The summed E-state index contributed by atoms with van der Waals surface area (Å²) in [5.41, 5.74) is 4.42. The molecule has 2 fully saturated rings. The first-order valence-electron chi connectivity index (χ1n) is 14.3. The number of ether oxygens (including phenoxy) is 4. The van der Waals surface area contributed by atoms with Crippen molar-refractivity contribution >= 4 is 22.3 Å². The van der Waals surface area contributed by atoms with Crippen LogP contribution in [0.5, 0.6) is 0 Å². The van der Waals surface area contributed by atoms with Crippen molar-refractivity contribution < 1.29 is 34.9 Å². The minimum absolute atomic E-state index is 0.00895. The van der Waals surface area contributed by atoms with Gasteiger partial charge >= 0.3 is 0 Å². The number of hydrogen-bond donors (Lipinski definition) is 2. The molecule has 6 heterocycles. The van der Waals surface area contributed by atoms with E-state index in [-0.39, 0.29) is 30.6 Å². The molecule has 0 amide bonds. The molecule has 2 unspecified atom stereocenters. The summed E-state index contributed by atoms with van der Waals surface area (Å²) in [4.78, 5) is 25.4. The highest BCUT2D eigenvalue weighted by Gasteiger charge is 2.46. The molecule has 0 saturated carbocycles. The predicted molar refractivity (Wildman–Crippen MR) is 149 cm³/mol. The zero-order valence-corrected chi connectivity index (χ0v) is 24.5. The first-order chi connectivity index (χ1) is 20.8. The van der Waals surface area contributed by atoms with Crippen molar-refractivity contribution in [1.29, 1.82) is 0 Å². The third-order valence-electron chi connectivity index (χ3n) is 7.60. The smallest absolute Gasteiger partial charge is 0.166 e. The Kier molecular flexibility index (Phi) is 9.97. The van der Waals surface area contributed by atoms with Crippen molar-refractivity contribution in [2.75, 3.05) is 21.4 Å². The number of hydrogen-bond acceptors (Lipinski definition) is 12. The molecule has 0 bridgehead atoms. The van der Waals surface area contributed by atoms with E-state index < -0.39 is 25.6 Å². The van der Waals surface area contributed by atoms with Gasteiger partial charge in [0.1, 0.15) is 48.1 Å². The van der Waals surface area contributed by atoms with E-state index in [1.54, 1.807) is 31.4 Å². The third-order valence-corrected chi connectivity index (χ3v) is 7.60.